The summed E-state index contributed by atoms with van der Waals surface area (Å²) < 4.78 is 42.8. The van der Waals surface area contributed by atoms with E-state index in [2.05, 4.69) is 22.5 Å². The van der Waals surface area contributed by atoms with Gasteiger partial charge in [0.2, 0.25) is 0 Å². The van der Waals surface area contributed by atoms with Crippen molar-refractivity contribution >= 4 is 12.1 Å². The molecule has 158 valence electrons. The number of rotatable bonds is 2. The van der Waals surface area contributed by atoms with Gasteiger partial charge < -0.3 is 20.3 Å². The second-order valence-electron chi connectivity index (χ2n) is 7.62. The maximum Gasteiger partial charge on any atom is 0.416 e. The van der Waals surface area contributed by atoms with Crippen LogP contribution >= 0.6 is 0 Å². The Morgan fingerprint density at radius 3 is 2.45 bits per heavy atom. The van der Waals surface area contributed by atoms with Gasteiger partial charge in [-0.3, -0.25) is 0 Å². The summed E-state index contributed by atoms with van der Waals surface area (Å²) in [6.07, 6.45) is -4.18. The summed E-state index contributed by atoms with van der Waals surface area (Å²) in [7, 11) is 0. The Morgan fingerprint density at radius 2 is 1.86 bits per heavy atom. The Balaban J connectivity index is 1.73. The molecule has 0 spiro atoms. The van der Waals surface area contributed by atoms with Crippen LogP contribution in [0.25, 0.3) is 0 Å². The molecule has 0 radical (unpaired) electrons. The van der Waals surface area contributed by atoms with Crippen LogP contribution in [-0.2, 0) is 10.9 Å². The van der Waals surface area contributed by atoms with E-state index >= 15 is 0 Å². The lowest BCUT2D eigenvalue weighted by atomic mass is 10.1. The second-order valence-corrected chi connectivity index (χ2v) is 7.62. The fourth-order valence-electron chi connectivity index (χ4n) is 2.62. The van der Waals surface area contributed by atoms with E-state index in [0.29, 0.717) is 25.1 Å². The highest BCUT2D eigenvalue weighted by molar-refractivity contribution is 5.75. The van der Waals surface area contributed by atoms with Crippen molar-refractivity contribution in [2.24, 2.45) is 0 Å². The van der Waals surface area contributed by atoms with Crippen LogP contribution in [0.15, 0.2) is 24.3 Å². The topological polar surface area (TPSA) is 70.7 Å². The number of nitrogens with zero attached hydrogens (tertiary/aromatic N) is 1. The zero-order valence-corrected chi connectivity index (χ0v) is 16.5. The smallest absolute Gasteiger partial charge is 0.416 e. The molecular formula is C20H24F3N3O3. The van der Waals surface area contributed by atoms with Crippen LogP contribution in [0.5, 0.6) is 0 Å². The molecule has 0 aromatic heterocycles. The third kappa shape index (κ3) is 7.56. The summed E-state index contributed by atoms with van der Waals surface area (Å²) >= 11 is 0. The largest absolute Gasteiger partial charge is 0.444 e. The van der Waals surface area contributed by atoms with E-state index in [0.717, 1.165) is 12.1 Å². The molecule has 2 N–H and O–H groups in total. The van der Waals surface area contributed by atoms with Crippen molar-refractivity contribution in [3.05, 3.63) is 35.4 Å². The summed E-state index contributed by atoms with van der Waals surface area (Å²) in [4.78, 5) is 25.5. The molecule has 1 aromatic rings. The van der Waals surface area contributed by atoms with Gasteiger partial charge in [0.15, 0.2) is 0 Å². The van der Waals surface area contributed by atoms with Crippen molar-refractivity contribution in [1.29, 1.82) is 0 Å². The first-order chi connectivity index (χ1) is 13.4. The van der Waals surface area contributed by atoms with Crippen LogP contribution in [-0.4, -0.2) is 48.3 Å². The summed E-state index contributed by atoms with van der Waals surface area (Å²) in [5.41, 5.74) is -0.896. The third-order valence-electron chi connectivity index (χ3n) is 3.96. The molecule has 1 fully saturated rings. The molecular weight excluding hydrogens is 387 g/mol. The van der Waals surface area contributed by atoms with Gasteiger partial charge in [-0.25, -0.2) is 9.59 Å². The number of likely N-dealkylation sites (tertiary alicyclic amines) is 1. The van der Waals surface area contributed by atoms with Gasteiger partial charge in [-0.2, -0.15) is 13.2 Å². The predicted molar refractivity (Wildman–Crippen MR) is 101 cm³/mol. The van der Waals surface area contributed by atoms with E-state index in [4.69, 9.17) is 4.74 Å². The van der Waals surface area contributed by atoms with E-state index in [-0.39, 0.29) is 12.6 Å². The number of urea groups is 1. The van der Waals surface area contributed by atoms with Crippen molar-refractivity contribution in [3.8, 4) is 11.8 Å². The summed E-state index contributed by atoms with van der Waals surface area (Å²) in [5.74, 6) is 5.37. The van der Waals surface area contributed by atoms with E-state index in [1.54, 1.807) is 25.7 Å². The number of hydrogen-bond donors (Lipinski definition) is 2. The molecule has 1 aliphatic heterocycles. The molecule has 1 saturated heterocycles. The number of hydrogen-bond acceptors (Lipinski definition) is 3. The van der Waals surface area contributed by atoms with Crippen LogP contribution in [0.4, 0.5) is 22.8 Å². The molecule has 0 bridgehead atoms. The summed E-state index contributed by atoms with van der Waals surface area (Å²) in [6.45, 7) is 6.25. The van der Waals surface area contributed by atoms with E-state index in [9.17, 15) is 22.8 Å². The Bertz CT molecular complexity index is 790. The van der Waals surface area contributed by atoms with Gasteiger partial charge >= 0.3 is 18.3 Å². The molecule has 1 heterocycles. The molecule has 6 nitrogen and oxygen atoms in total. The minimum Gasteiger partial charge on any atom is -0.444 e. The van der Waals surface area contributed by atoms with Gasteiger partial charge in [-0.15, -0.1) is 0 Å². The minimum atomic E-state index is -4.38. The molecule has 9 heteroatoms. The number of halogens is 3. The number of nitrogens with one attached hydrogen (secondary N) is 2. The summed E-state index contributed by atoms with van der Waals surface area (Å²) in [5, 5.41) is 5.32. The van der Waals surface area contributed by atoms with Gasteiger partial charge in [0.1, 0.15) is 5.60 Å². The van der Waals surface area contributed by atoms with Crippen LogP contribution in [0.1, 0.15) is 38.3 Å². The number of alkyl halides is 3. The van der Waals surface area contributed by atoms with Crippen LogP contribution in [0.3, 0.4) is 0 Å². The normalized spacial score (nSPS) is 16.6. The molecule has 0 aliphatic carbocycles. The highest BCUT2D eigenvalue weighted by Gasteiger charge is 2.31. The Labute approximate surface area is 167 Å². The lowest BCUT2D eigenvalue weighted by molar-refractivity contribution is -0.137. The number of amides is 3. The first-order valence-electron chi connectivity index (χ1n) is 9.12. The van der Waals surface area contributed by atoms with Gasteiger partial charge in [0, 0.05) is 24.7 Å². The van der Waals surface area contributed by atoms with Gasteiger partial charge in [0.05, 0.1) is 12.1 Å². The molecule has 3 amide bonds. The van der Waals surface area contributed by atoms with E-state index in [1.165, 1.54) is 12.1 Å². The van der Waals surface area contributed by atoms with Gasteiger partial charge in [-0.1, -0.05) is 11.8 Å². The van der Waals surface area contributed by atoms with Crippen molar-refractivity contribution < 1.29 is 27.5 Å². The molecule has 2 rings (SSSR count). The Kier molecular flexibility index (Phi) is 7.01. The van der Waals surface area contributed by atoms with Crippen LogP contribution in [0.2, 0.25) is 0 Å². The van der Waals surface area contributed by atoms with Crippen molar-refractivity contribution in [2.45, 2.75) is 45.0 Å². The summed E-state index contributed by atoms with van der Waals surface area (Å²) in [6, 6.07) is 3.86. The number of carbonyl (C=O) groups excluding carboxylic acids is 2. The first kappa shape index (κ1) is 22.4. The number of benzene rings is 1. The maximum absolute atomic E-state index is 12.5. The molecule has 0 saturated carbocycles. The number of ether oxygens (including phenoxy) is 1. The number of carbonyl (C=O) groups is 2. The van der Waals surface area contributed by atoms with Gasteiger partial charge in [-0.05, 0) is 51.5 Å². The molecule has 0 unspecified atom stereocenters. The Morgan fingerprint density at radius 1 is 1.21 bits per heavy atom. The van der Waals surface area contributed by atoms with Crippen LogP contribution < -0.4 is 10.6 Å². The molecule has 1 atom stereocenters. The van der Waals surface area contributed by atoms with Crippen molar-refractivity contribution in [3.63, 3.8) is 0 Å². The fourth-order valence-corrected chi connectivity index (χ4v) is 2.62. The quantitative estimate of drug-likeness (QED) is 0.734. The average Bonchev–Trinajstić information content (AvgIpc) is 3.05. The lowest BCUT2D eigenvalue weighted by Gasteiger charge is -2.24. The predicted octanol–water partition coefficient (Wildman–Crippen LogP) is 3.37. The first-order valence-corrected chi connectivity index (χ1v) is 9.12. The maximum atomic E-state index is 12.5. The van der Waals surface area contributed by atoms with Crippen molar-refractivity contribution in [1.82, 2.24) is 15.5 Å². The molecule has 29 heavy (non-hydrogen) atoms. The molecule has 1 aromatic carbocycles. The SMILES string of the molecule is CC(C)(C)OC(=O)N1CC[C@@H](NC(=O)NCC#Cc2ccc(C(F)(F)F)cc2)C1. The molecule has 1 aliphatic rings. The third-order valence-corrected chi connectivity index (χ3v) is 3.96. The second kappa shape index (κ2) is 9.07. The monoisotopic (exact) mass is 411 g/mol. The highest BCUT2D eigenvalue weighted by Crippen LogP contribution is 2.28. The minimum absolute atomic E-state index is 0.0371. The van der Waals surface area contributed by atoms with E-state index < -0.39 is 29.5 Å². The van der Waals surface area contributed by atoms with E-state index in [1.807, 2.05) is 0 Å². The zero-order chi connectivity index (χ0) is 21.7. The average molecular weight is 411 g/mol. The van der Waals surface area contributed by atoms with Gasteiger partial charge in [0.25, 0.3) is 0 Å². The zero-order valence-electron chi connectivity index (χ0n) is 16.5. The van der Waals surface area contributed by atoms with Crippen molar-refractivity contribution in [2.75, 3.05) is 19.6 Å². The lowest BCUT2D eigenvalue weighted by Crippen LogP contribution is -2.44. The standard InChI is InChI=1S/C20H24F3N3O3/c1-19(2,3)29-18(28)26-12-10-16(13-26)25-17(27)24-11-4-5-14-6-8-15(9-7-14)20(21,22)23/h6-9,16H,10-13H2,1-3H3,(H2,24,25,27)/t16-/m1/s1. The van der Waals surface area contributed by atoms with Crippen LogP contribution in [0, 0.1) is 11.8 Å². The Hall–Kier alpha value is -2.89. The fraction of sp³-hybridized carbons (Fsp3) is 0.500. The highest BCUT2D eigenvalue weighted by atomic mass is 19.4.